The summed E-state index contributed by atoms with van der Waals surface area (Å²) in [6.07, 6.45) is -0.688. The first kappa shape index (κ1) is 14.9. The minimum Gasteiger partial charge on any atom is -0.491 e. The van der Waals surface area contributed by atoms with Gasteiger partial charge in [-0.3, -0.25) is 0 Å². The van der Waals surface area contributed by atoms with E-state index in [2.05, 4.69) is 0 Å². The third-order valence-electron chi connectivity index (χ3n) is 3.11. The van der Waals surface area contributed by atoms with E-state index in [9.17, 15) is 5.11 Å². The summed E-state index contributed by atoms with van der Waals surface area (Å²) in [6.45, 7) is 5.89. The molecular formula is C17H19ClO2. The van der Waals surface area contributed by atoms with Crippen LogP contribution in [0.3, 0.4) is 0 Å². The predicted octanol–water partition coefficient (Wildman–Crippen LogP) is 4.52. The number of aliphatic hydroxyl groups excluding tert-OH is 1. The monoisotopic (exact) mass is 290 g/mol. The number of hydrogen-bond acceptors (Lipinski definition) is 2. The van der Waals surface area contributed by atoms with Gasteiger partial charge in [-0.05, 0) is 50.1 Å². The molecule has 0 radical (unpaired) electrons. The summed E-state index contributed by atoms with van der Waals surface area (Å²) in [7, 11) is 0. The first-order chi connectivity index (χ1) is 9.49. The molecule has 106 valence electrons. The van der Waals surface area contributed by atoms with Crippen LogP contribution in [-0.4, -0.2) is 11.2 Å². The summed E-state index contributed by atoms with van der Waals surface area (Å²) in [5.41, 5.74) is 2.56. The van der Waals surface area contributed by atoms with Crippen LogP contribution in [0, 0.1) is 6.92 Å². The molecule has 1 N–H and O–H groups in total. The van der Waals surface area contributed by atoms with E-state index < -0.39 is 6.10 Å². The molecule has 0 bridgehead atoms. The van der Waals surface area contributed by atoms with Crippen molar-refractivity contribution in [1.82, 2.24) is 0 Å². The number of benzene rings is 2. The lowest BCUT2D eigenvalue weighted by molar-refractivity contribution is 0.197. The van der Waals surface area contributed by atoms with Crippen LogP contribution in [0.2, 0.25) is 5.02 Å². The Kier molecular flexibility index (Phi) is 4.69. The average Bonchev–Trinajstić information content (AvgIpc) is 2.41. The van der Waals surface area contributed by atoms with E-state index >= 15 is 0 Å². The van der Waals surface area contributed by atoms with Gasteiger partial charge in [-0.1, -0.05) is 35.9 Å². The Bertz CT molecular complexity index is 593. The van der Waals surface area contributed by atoms with Crippen molar-refractivity contribution >= 4 is 11.6 Å². The molecule has 2 rings (SSSR count). The van der Waals surface area contributed by atoms with Crippen LogP contribution in [0.15, 0.2) is 42.5 Å². The van der Waals surface area contributed by atoms with Crippen LogP contribution in [0.1, 0.15) is 36.6 Å². The van der Waals surface area contributed by atoms with Crippen LogP contribution in [0.5, 0.6) is 5.75 Å². The molecule has 0 aromatic heterocycles. The maximum Gasteiger partial charge on any atom is 0.125 e. The fourth-order valence-electron chi connectivity index (χ4n) is 2.14. The average molecular weight is 291 g/mol. The highest BCUT2D eigenvalue weighted by atomic mass is 35.5. The van der Waals surface area contributed by atoms with E-state index in [-0.39, 0.29) is 6.10 Å². The molecular weight excluding hydrogens is 272 g/mol. The molecule has 2 aromatic rings. The zero-order valence-electron chi connectivity index (χ0n) is 11.9. The van der Waals surface area contributed by atoms with Gasteiger partial charge in [-0.2, -0.15) is 0 Å². The summed E-state index contributed by atoms with van der Waals surface area (Å²) in [6, 6.07) is 13.1. The van der Waals surface area contributed by atoms with Crippen molar-refractivity contribution in [3.8, 4) is 5.75 Å². The SMILES string of the molecule is Cc1ccc(Cl)cc1C(O)c1ccccc1OC(C)C. The number of para-hydroxylation sites is 1. The summed E-state index contributed by atoms with van der Waals surface area (Å²) in [5, 5.41) is 11.3. The van der Waals surface area contributed by atoms with Crippen molar-refractivity contribution in [3.63, 3.8) is 0 Å². The Labute approximate surface area is 125 Å². The van der Waals surface area contributed by atoms with Gasteiger partial charge in [0.15, 0.2) is 0 Å². The van der Waals surface area contributed by atoms with Gasteiger partial charge in [0.2, 0.25) is 0 Å². The summed E-state index contributed by atoms with van der Waals surface area (Å²) in [4.78, 5) is 0. The van der Waals surface area contributed by atoms with Gasteiger partial charge in [0.25, 0.3) is 0 Å². The second kappa shape index (κ2) is 6.29. The molecule has 0 fully saturated rings. The van der Waals surface area contributed by atoms with Crippen LogP contribution in [-0.2, 0) is 0 Å². The maximum atomic E-state index is 10.7. The number of aliphatic hydroxyl groups is 1. The lowest BCUT2D eigenvalue weighted by atomic mass is 9.97. The molecule has 0 aliphatic carbocycles. The molecule has 0 aliphatic heterocycles. The van der Waals surface area contributed by atoms with Crippen molar-refractivity contribution in [2.24, 2.45) is 0 Å². The fourth-order valence-corrected chi connectivity index (χ4v) is 2.32. The standard InChI is InChI=1S/C17H19ClO2/c1-11(2)20-16-7-5-4-6-14(16)17(19)15-10-13(18)9-8-12(15)3/h4-11,17,19H,1-3H3. The van der Waals surface area contributed by atoms with Gasteiger partial charge in [0, 0.05) is 10.6 Å². The van der Waals surface area contributed by atoms with E-state index in [1.165, 1.54) is 0 Å². The summed E-state index contributed by atoms with van der Waals surface area (Å²) < 4.78 is 5.77. The van der Waals surface area contributed by atoms with Crippen molar-refractivity contribution in [1.29, 1.82) is 0 Å². The summed E-state index contributed by atoms with van der Waals surface area (Å²) >= 11 is 6.03. The number of ether oxygens (including phenoxy) is 1. The number of rotatable bonds is 4. The molecule has 2 aromatic carbocycles. The highest BCUT2D eigenvalue weighted by Crippen LogP contribution is 2.33. The molecule has 3 heteroatoms. The molecule has 2 nitrogen and oxygen atoms in total. The van der Waals surface area contributed by atoms with E-state index in [1.807, 2.05) is 57.2 Å². The van der Waals surface area contributed by atoms with Gasteiger partial charge >= 0.3 is 0 Å². The highest BCUT2D eigenvalue weighted by Gasteiger charge is 2.18. The third-order valence-corrected chi connectivity index (χ3v) is 3.35. The van der Waals surface area contributed by atoms with E-state index in [1.54, 1.807) is 6.07 Å². The summed E-state index contributed by atoms with van der Waals surface area (Å²) in [5.74, 6) is 0.703. The normalized spacial score (nSPS) is 12.5. The van der Waals surface area contributed by atoms with Crippen molar-refractivity contribution in [2.45, 2.75) is 33.0 Å². The van der Waals surface area contributed by atoms with Gasteiger partial charge in [0.1, 0.15) is 11.9 Å². The highest BCUT2D eigenvalue weighted by molar-refractivity contribution is 6.30. The zero-order valence-corrected chi connectivity index (χ0v) is 12.7. The van der Waals surface area contributed by atoms with E-state index in [0.29, 0.717) is 10.8 Å². The van der Waals surface area contributed by atoms with Crippen LogP contribution in [0.25, 0.3) is 0 Å². The molecule has 0 aliphatic rings. The molecule has 0 saturated carbocycles. The minimum absolute atomic E-state index is 0.0591. The predicted molar refractivity (Wildman–Crippen MR) is 82.5 cm³/mol. The van der Waals surface area contributed by atoms with E-state index in [0.717, 1.165) is 16.7 Å². The lowest BCUT2D eigenvalue weighted by Gasteiger charge is -2.19. The van der Waals surface area contributed by atoms with Crippen LogP contribution >= 0.6 is 11.6 Å². The smallest absolute Gasteiger partial charge is 0.125 e. The lowest BCUT2D eigenvalue weighted by Crippen LogP contribution is -2.10. The number of aryl methyl sites for hydroxylation is 1. The first-order valence-corrected chi connectivity index (χ1v) is 7.06. The van der Waals surface area contributed by atoms with Gasteiger partial charge < -0.3 is 9.84 Å². The Morgan fingerprint density at radius 2 is 1.75 bits per heavy atom. The Balaban J connectivity index is 2.42. The molecule has 0 saturated heterocycles. The van der Waals surface area contributed by atoms with Crippen LogP contribution < -0.4 is 4.74 Å². The Hall–Kier alpha value is -1.51. The second-order valence-corrected chi connectivity index (χ2v) is 5.54. The molecule has 0 amide bonds. The van der Waals surface area contributed by atoms with Crippen molar-refractivity contribution in [2.75, 3.05) is 0 Å². The Morgan fingerprint density at radius 1 is 1.05 bits per heavy atom. The zero-order chi connectivity index (χ0) is 14.7. The van der Waals surface area contributed by atoms with Crippen molar-refractivity contribution in [3.05, 3.63) is 64.2 Å². The van der Waals surface area contributed by atoms with Crippen molar-refractivity contribution < 1.29 is 9.84 Å². The largest absolute Gasteiger partial charge is 0.491 e. The molecule has 0 heterocycles. The fraction of sp³-hybridized carbons (Fsp3) is 0.294. The number of halogens is 1. The quantitative estimate of drug-likeness (QED) is 0.897. The molecule has 0 spiro atoms. The molecule has 20 heavy (non-hydrogen) atoms. The Morgan fingerprint density at radius 3 is 2.45 bits per heavy atom. The van der Waals surface area contributed by atoms with Gasteiger partial charge in [0.05, 0.1) is 6.10 Å². The topological polar surface area (TPSA) is 29.5 Å². The molecule has 1 unspecified atom stereocenters. The first-order valence-electron chi connectivity index (χ1n) is 6.68. The minimum atomic E-state index is -0.747. The third kappa shape index (κ3) is 3.33. The van der Waals surface area contributed by atoms with E-state index in [4.69, 9.17) is 16.3 Å². The number of hydrogen-bond donors (Lipinski definition) is 1. The van der Waals surface area contributed by atoms with Gasteiger partial charge in [-0.15, -0.1) is 0 Å². The second-order valence-electron chi connectivity index (χ2n) is 5.11. The molecule has 1 atom stereocenters. The van der Waals surface area contributed by atoms with Crippen LogP contribution in [0.4, 0.5) is 0 Å². The van der Waals surface area contributed by atoms with Gasteiger partial charge in [-0.25, -0.2) is 0 Å². The maximum absolute atomic E-state index is 10.7.